The van der Waals surface area contributed by atoms with Gasteiger partial charge in [-0.1, -0.05) is 36.0 Å². The second kappa shape index (κ2) is 9.09. The number of nitrogens with one attached hydrogen (secondary N) is 2. The van der Waals surface area contributed by atoms with Gasteiger partial charge < -0.3 is 9.73 Å². The minimum atomic E-state index is -0.227. The van der Waals surface area contributed by atoms with Gasteiger partial charge in [0.1, 0.15) is 5.76 Å². The van der Waals surface area contributed by atoms with Crippen LogP contribution in [0.2, 0.25) is 0 Å². The van der Waals surface area contributed by atoms with Crippen LogP contribution in [-0.2, 0) is 4.79 Å². The van der Waals surface area contributed by atoms with Gasteiger partial charge in [-0.25, -0.2) is 5.43 Å². The molecule has 0 spiro atoms. The average Bonchev–Trinajstić information content (AvgIpc) is 3.11. The normalized spacial score (nSPS) is 10.9. The Morgan fingerprint density at radius 3 is 2.67 bits per heavy atom. The standard InChI is InChI=1S/C21H21N3O2S/c1-15-8-9-17(12-16(15)2)22-14-20(25)24-23-13-18-10-11-21(26-18)27-19-6-4-3-5-7-19/h3-13,22H,14H2,1-2H3,(H,24,25)/b23-13-. The van der Waals surface area contributed by atoms with Gasteiger partial charge in [0.25, 0.3) is 5.91 Å². The minimum absolute atomic E-state index is 0.146. The maximum Gasteiger partial charge on any atom is 0.259 e. The number of furan rings is 1. The zero-order valence-corrected chi connectivity index (χ0v) is 16.0. The highest BCUT2D eigenvalue weighted by Crippen LogP contribution is 2.28. The summed E-state index contributed by atoms with van der Waals surface area (Å²) < 4.78 is 5.67. The maximum atomic E-state index is 11.9. The molecule has 2 aromatic carbocycles. The molecule has 1 heterocycles. The van der Waals surface area contributed by atoms with Crippen molar-refractivity contribution in [1.29, 1.82) is 0 Å². The molecule has 0 aliphatic carbocycles. The number of hydrogen-bond donors (Lipinski definition) is 2. The van der Waals surface area contributed by atoms with Crippen LogP contribution in [0.5, 0.6) is 0 Å². The molecule has 1 aromatic heterocycles. The van der Waals surface area contributed by atoms with Crippen molar-refractivity contribution in [3.63, 3.8) is 0 Å². The fourth-order valence-corrected chi connectivity index (χ4v) is 3.10. The molecule has 0 aliphatic heterocycles. The topological polar surface area (TPSA) is 66.6 Å². The maximum absolute atomic E-state index is 11.9. The van der Waals surface area contributed by atoms with Crippen molar-refractivity contribution in [3.8, 4) is 0 Å². The van der Waals surface area contributed by atoms with E-state index < -0.39 is 0 Å². The molecule has 27 heavy (non-hydrogen) atoms. The van der Waals surface area contributed by atoms with E-state index in [0.717, 1.165) is 15.7 Å². The van der Waals surface area contributed by atoms with E-state index >= 15 is 0 Å². The van der Waals surface area contributed by atoms with E-state index in [1.807, 2.05) is 67.6 Å². The lowest BCUT2D eigenvalue weighted by Gasteiger charge is -2.07. The Balaban J connectivity index is 1.46. The van der Waals surface area contributed by atoms with Crippen LogP contribution in [0, 0.1) is 13.8 Å². The van der Waals surface area contributed by atoms with Crippen molar-refractivity contribution in [2.24, 2.45) is 5.10 Å². The molecule has 5 nitrogen and oxygen atoms in total. The van der Waals surface area contributed by atoms with Gasteiger partial charge in [0.2, 0.25) is 0 Å². The summed E-state index contributed by atoms with van der Waals surface area (Å²) in [7, 11) is 0. The van der Waals surface area contributed by atoms with Gasteiger partial charge in [0.05, 0.1) is 12.8 Å². The van der Waals surface area contributed by atoms with Gasteiger partial charge >= 0.3 is 0 Å². The van der Waals surface area contributed by atoms with E-state index in [9.17, 15) is 4.79 Å². The third kappa shape index (κ3) is 5.76. The largest absolute Gasteiger partial charge is 0.448 e. The minimum Gasteiger partial charge on any atom is -0.448 e. The second-order valence-corrected chi connectivity index (χ2v) is 7.10. The Hall–Kier alpha value is -2.99. The summed E-state index contributed by atoms with van der Waals surface area (Å²) in [5.41, 5.74) is 5.80. The lowest BCUT2D eigenvalue weighted by atomic mass is 10.1. The van der Waals surface area contributed by atoms with Gasteiger partial charge in [0, 0.05) is 10.6 Å². The summed E-state index contributed by atoms with van der Waals surface area (Å²) in [5.74, 6) is 0.353. The van der Waals surface area contributed by atoms with Crippen LogP contribution in [-0.4, -0.2) is 18.7 Å². The first-order valence-electron chi connectivity index (χ1n) is 8.56. The fraction of sp³-hybridized carbons (Fsp3) is 0.143. The summed E-state index contributed by atoms with van der Waals surface area (Å²) >= 11 is 1.53. The number of nitrogens with zero attached hydrogens (tertiary/aromatic N) is 1. The monoisotopic (exact) mass is 379 g/mol. The highest BCUT2D eigenvalue weighted by Gasteiger charge is 2.03. The van der Waals surface area contributed by atoms with E-state index in [2.05, 4.69) is 22.8 Å². The number of carbonyl (C=O) groups is 1. The molecule has 0 aliphatic rings. The Morgan fingerprint density at radius 2 is 1.89 bits per heavy atom. The Kier molecular flexibility index (Phi) is 6.33. The molecule has 0 saturated heterocycles. The molecule has 0 radical (unpaired) electrons. The van der Waals surface area contributed by atoms with E-state index in [1.54, 1.807) is 0 Å². The van der Waals surface area contributed by atoms with Crippen LogP contribution >= 0.6 is 11.8 Å². The van der Waals surface area contributed by atoms with Crippen molar-refractivity contribution in [3.05, 3.63) is 77.6 Å². The van der Waals surface area contributed by atoms with Crippen molar-refractivity contribution in [1.82, 2.24) is 5.43 Å². The molecular formula is C21H21N3O2S. The zero-order valence-electron chi connectivity index (χ0n) is 15.2. The molecule has 2 N–H and O–H groups in total. The summed E-state index contributed by atoms with van der Waals surface area (Å²) in [5, 5.41) is 7.79. The highest BCUT2D eigenvalue weighted by molar-refractivity contribution is 7.99. The van der Waals surface area contributed by atoms with Gasteiger partial charge in [-0.05, 0) is 61.4 Å². The predicted molar refractivity (Wildman–Crippen MR) is 109 cm³/mol. The smallest absolute Gasteiger partial charge is 0.259 e. The Labute approximate surface area is 162 Å². The molecule has 3 aromatic rings. The first kappa shape index (κ1) is 18.8. The number of amides is 1. The van der Waals surface area contributed by atoms with Crippen LogP contribution < -0.4 is 10.7 Å². The van der Waals surface area contributed by atoms with E-state index in [0.29, 0.717) is 5.76 Å². The average molecular weight is 379 g/mol. The van der Waals surface area contributed by atoms with Crippen molar-refractivity contribution >= 4 is 29.6 Å². The van der Waals surface area contributed by atoms with Gasteiger partial charge in [-0.2, -0.15) is 5.10 Å². The third-order valence-corrected chi connectivity index (χ3v) is 4.83. The molecule has 0 saturated carbocycles. The second-order valence-electron chi connectivity index (χ2n) is 6.02. The predicted octanol–water partition coefficient (Wildman–Crippen LogP) is 4.61. The summed E-state index contributed by atoms with van der Waals surface area (Å²) in [6.07, 6.45) is 1.49. The molecule has 0 unspecified atom stereocenters. The number of aryl methyl sites for hydroxylation is 2. The summed E-state index contributed by atoms with van der Waals surface area (Å²) in [4.78, 5) is 13.0. The number of benzene rings is 2. The molecular weight excluding hydrogens is 358 g/mol. The Bertz CT molecular complexity index is 936. The molecule has 6 heteroatoms. The van der Waals surface area contributed by atoms with Crippen LogP contribution in [0.25, 0.3) is 0 Å². The number of hydrogen-bond acceptors (Lipinski definition) is 5. The molecule has 0 fully saturated rings. The zero-order chi connectivity index (χ0) is 19.1. The molecule has 3 rings (SSSR count). The van der Waals surface area contributed by atoms with Gasteiger partial charge in [-0.15, -0.1) is 0 Å². The number of anilines is 1. The fourth-order valence-electron chi connectivity index (χ4n) is 2.30. The molecule has 1 amide bonds. The number of carbonyl (C=O) groups excluding carboxylic acids is 1. The van der Waals surface area contributed by atoms with Crippen LogP contribution in [0.3, 0.4) is 0 Å². The van der Waals surface area contributed by atoms with Crippen molar-refractivity contribution in [2.75, 3.05) is 11.9 Å². The van der Waals surface area contributed by atoms with Gasteiger partial charge in [-0.3, -0.25) is 4.79 Å². The first-order chi connectivity index (χ1) is 13.1. The molecule has 138 valence electrons. The van der Waals surface area contributed by atoms with E-state index in [1.165, 1.54) is 29.1 Å². The SMILES string of the molecule is Cc1ccc(NCC(=O)N/N=C\c2ccc(Sc3ccccc3)o2)cc1C. The molecule has 0 bridgehead atoms. The summed E-state index contributed by atoms with van der Waals surface area (Å²) in [6, 6.07) is 19.7. The van der Waals surface area contributed by atoms with E-state index in [4.69, 9.17) is 4.42 Å². The lowest BCUT2D eigenvalue weighted by molar-refractivity contribution is -0.119. The highest BCUT2D eigenvalue weighted by atomic mass is 32.2. The number of hydrazone groups is 1. The van der Waals surface area contributed by atoms with Crippen LogP contribution in [0.15, 0.2) is 80.2 Å². The number of rotatable bonds is 7. The summed E-state index contributed by atoms with van der Waals surface area (Å²) in [6.45, 7) is 4.24. The quantitative estimate of drug-likeness (QED) is 0.465. The van der Waals surface area contributed by atoms with Crippen LogP contribution in [0.4, 0.5) is 5.69 Å². The van der Waals surface area contributed by atoms with E-state index in [-0.39, 0.29) is 12.5 Å². The first-order valence-corrected chi connectivity index (χ1v) is 9.37. The van der Waals surface area contributed by atoms with Crippen molar-refractivity contribution in [2.45, 2.75) is 23.8 Å². The van der Waals surface area contributed by atoms with Crippen molar-refractivity contribution < 1.29 is 9.21 Å². The third-order valence-electron chi connectivity index (χ3n) is 3.90. The van der Waals surface area contributed by atoms with Crippen LogP contribution in [0.1, 0.15) is 16.9 Å². The van der Waals surface area contributed by atoms with Gasteiger partial charge in [0.15, 0.2) is 5.09 Å². The molecule has 0 atom stereocenters. The Morgan fingerprint density at radius 1 is 1.07 bits per heavy atom. The lowest BCUT2D eigenvalue weighted by Crippen LogP contribution is -2.25.